The van der Waals surface area contributed by atoms with Crippen LogP contribution in [0.1, 0.15) is 32.6 Å². The molecule has 4 aromatic rings. The van der Waals surface area contributed by atoms with Crippen molar-refractivity contribution in [2.45, 2.75) is 38.3 Å². The van der Waals surface area contributed by atoms with Gasteiger partial charge in [-0.05, 0) is 74.6 Å². The van der Waals surface area contributed by atoms with E-state index < -0.39 is 15.2 Å². The summed E-state index contributed by atoms with van der Waals surface area (Å²) in [6.07, 6.45) is 15.2. The Kier molecular flexibility index (Phi) is 17.6. The van der Waals surface area contributed by atoms with Gasteiger partial charge in [-0.15, -0.1) is 0 Å². The number of hydrogen-bond donors (Lipinski definition) is 0. The fraction of sp³-hybridized carbons (Fsp3) is 0.200. The second-order valence-corrected chi connectivity index (χ2v) is 14.7. The summed E-state index contributed by atoms with van der Waals surface area (Å²) >= 11 is 0. The van der Waals surface area contributed by atoms with E-state index in [0.717, 1.165) is 0 Å². The molecule has 1 atom stereocenters. The Balaban J connectivity index is 0.000000384. The molecule has 0 unspecified atom stereocenters. The molecule has 0 bridgehead atoms. The summed E-state index contributed by atoms with van der Waals surface area (Å²) in [5, 5.41) is 5.88. The number of benzene rings is 4. The van der Waals surface area contributed by atoms with Crippen molar-refractivity contribution >= 4 is 44.3 Å². The van der Waals surface area contributed by atoms with E-state index in [1.54, 1.807) is 0 Å². The molecule has 0 amide bonds. The molecule has 0 nitrogen and oxygen atoms in total. The molecule has 8 heteroatoms. The molecule has 1 aliphatic carbocycles. The zero-order chi connectivity index (χ0) is 30.0. The largest absolute Gasteiger partial charge is 0.673 e. The topological polar surface area (TPSA) is 0 Å². The first kappa shape index (κ1) is 36.8. The normalized spacial score (nSPS) is 14.9. The van der Waals surface area contributed by atoms with E-state index in [1.807, 2.05) is 0 Å². The van der Waals surface area contributed by atoms with E-state index >= 15 is 0 Å². The van der Waals surface area contributed by atoms with Crippen molar-refractivity contribution in [1.82, 2.24) is 0 Å². The summed E-state index contributed by atoms with van der Waals surface area (Å²) < 4.78 is 39.0. The predicted octanol–water partition coefficient (Wildman–Crippen LogP) is 9.61. The molecule has 229 valence electrons. The average Bonchev–Trinajstić information content (AvgIpc) is 2.97. The first-order valence-electron chi connectivity index (χ1n) is 14.3. The van der Waals surface area contributed by atoms with Gasteiger partial charge >= 0.3 is 7.25 Å². The second kappa shape index (κ2) is 20.6. The van der Waals surface area contributed by atoms with E-state index in [9.17, 15) is 17.3 Å². The van der Waals surface area contributed by atoms with Crippen molar-refractivity contribution in [3.05, 3.63) is 146 Å². The van der Waals surface area contributed by atoms with Crippen molar-refractivity contribution < 1.29 is 36.7 Å². The van der Waals surface area contributed by atoms with Gasteiger partial charge in [-0.25, -0.2) is 0 Å². The second-order valence-electron chi connectivity index (χ2n) is 9.76. The molecule has 43 heavy (non-hydrogen) atoms. The van der Waals surface area contributed by atoms with E-state index in [4.69, 9.17) is 0 Å². The van der Waals surface area contributed by atoms with Gasteiger partial charge in [-0.3, -0.25) is 0 Å². The van der Waals surface area contributed by atoms with Crippen LogP contribution in [0.25, 0.3) is 0 Å². The molecule has 0 aromatic heterocycles. The van der Waals surface area contributed by atoms with E-state index in [2.05, 4.69) is 153 Å². The van der Waals surface area contributed by atoms with Gasteiger partial charge in [0.05, 0.1) is 0 Å². The molecular formula is C35H38BF4P2Rh-. The maximum atomic E-state index is 9.75. The van der Waals surface area contributed by atoms with E-state index in [1.165, 1.54) is 53.1 Å². The molecule has 0 saturated carbocycles. The standard InChI is InChI=1S/C27H26P2.C8H12.BF4.Rh/c1-23(29(26-18-10-4-11-19-26)27-20-12-5-13-21-27)22-28(24-14-6-2-7-15-24)25-16-8-3-9-17-25;1-2-4-6-8-7-5-3-1;2-1(3,4)5;/h2-21,23H,22H2,1H3;1-2,7-8H,3-6H2;;/q;;-1;/b;2-1-,8-7-;;/t23-;;;/m1.../s1. The number of halogens is 4. The van der Waals surface area contributed by atoms with Gasteiger partial charge in [-0.1, -0.05) is 153 Å². The van der Waals surface area contributed by atoms with Crippen LogP contribution in [0.3, 0.4) is 0 Å². The SMILES string of the molecule is C1=C\CC/C=C\CC/1.C[C@H](CP(c1ccccc1)c1ccccc1)P(c1ccccc1)c1ccccc1.F[B-](F)(F)F.[Rh]. The summed E-state index contributed by atoms with van der Waals surface area (Å²) in [7, 11) is -6.80. The minimum absolute atomic E-state index is 0. The molecule has 0 fully saturated rings. The van der Waals surface area contributed by atoms with Gasteiger partial charge in [0, 0.05) is 19.5 Å². The molecule has 0 spiro atoms. The summed E-state index contributed by atoms with van der Waals surface area (Å²) in [5.41, 5.74) is 0.585. The van der Waals surface area contributed by atoms with Gasteiger partial charge in [-0.2, -0.15) is 0 Å². The Morgan fingerprint density at radius 3 is 1.05 bits per heavy atom. The van der Waals surface area contributed by atoms with Crippen molar-refractivity contribution in [3.63, 3.8) is 0 Å². The van der Waals surface area contributed by atoms with E-state index in [-0.39, 0.29) is 27.4 Å². The summed E-state index contributed by atoms with van der Waals surface area (Å²) in [6.45, 7) is 2.45. The monoisotopic (exact) mass is 710 g/mol. The fourth-order valence-corrected chi connectivity index (χ4v) is 10.4. The van der Waals surface area contributed by atoms with E-state index in [0.29, 0.717) is 5.66 Å². The smallest absolute Gasteiger partial charge is 0.418 e. The first-order chi connectivity index (χ1) is 20.3. The maximum absolute atomic E-state index is 9.75. The molecule has 1 radical (unpaired) electrons. The Morgan fingerprint density at radius 2 is 0.767 bits per heavy atom. The third-order valence-corrected chi connectivity index (χ3v) is 12.2. The van der Waals surface area contributed by atoms with Gasteiger partial charge in [0.25, 0.3) is 0 Å². The summed E-state index contributed by atoms with van der Waals surface area (Å²) in [5.74, 6) is 0. The Bertz CT molecular complexity index is 1210. The Labute approximate surface area is 270 Å². The molecule has 0 saturated heterocycles. The minimum Gasteiger partial charge on any atom is -0.418 e. The molecule has 1 aliphatic rings. The third-order valence-electron chi connectivity index (χ3n) is 6.43. The Morgan fingerprint density at radius 1 is 0.512 bits per heavy atom. The Hall–Kier alpha value is -2.37. The van der Waals surface area contributed by atoms with Crippen LogP contribution in [-0.4, -0.2) is 19.1 Å². The van der Waals surface area contributed by atoms with Gasteiger partial charge in [0.15, 0.2) is 0 Å². The quantitative estimate of drug-likeness (QED) is 0.0776. The van der Waals surface area contributed by atoms with Crippen LogP contribution in [0, 0.1) is 0 Å². The number of allylic oxidation sites excluding steroid dienone is 4. The summed E-state index contributed by atoms with van der Waals surface area (Å²) in [6, 6.07) is 44.3. The average molecular weight is 710 g/mol. The molecule has 0 heterocycles. The van der Waals surface area contributed by atoms with Gasteiger partial charge in [0.2, 0.25) is 0 Å². The van der Waals surface area contributed by atoms with Crippen LogP contribution in [0.4, 0.5) is 17.3 Å². The minimum atomic E-state index is -6.00. The van der Waals surface area contributed by atoms with Crippen molar-refractivity contribution in [3.8, 4) is 0 Å². The van der Waals surface area contributed by atoms with Crippen LogP contribution in [-0.2, 0) is 19.5 Å². The first-order valence-corrected chi connectivity index (χ1v) is 17.2. The van der Waals surface area contributed by atoms with Crippen molar-refractivity contribution in [2.75, 3.05) is 6.16 Å². The van der Waals surface area contributed by atoms with Crippen LogP contribution in [0.15, 0.2) is 146 Å². The zero-order valence-electron chi connectivity index (χ0n) is 24.3. The molecule has 5 rings (SSSR count). The maximum Gasteiger partial charge on any atom is 0.673 e. The van der Waals surface area contributed by atoms with Crippen LogP contribution >= 0.6 is 15.8 Å². The van der Waals surface area contributed by atoms with Gasteiger partial charge in [0.1, 0.15) is 0 Å². The molecular weight excluding hydrogens is 672 g/mol. The molecule has 4 aromatic carbocycles. The van der Waals surface area contributed by atoms with Crippen LogP contribution < -0.4 is 21.2 Å². The molecule has 0 aliphatic heterocycles. The van der Waals surface area contributed by atoms with Crippen molar-refractivity contribution in [2.24, 2.45) is 0 Å². The van der Waals surface area contributed by atoms with Crippen molar-refractivity contribution in [1.29, 1.82) is 0 Å². The fourth-order valence-electron chi connectivity index (χ4n) is 4.61. The number of rotatable bonds is 7. The number of hydrogen-bond acceptors (Lipinski definition) is 0. The van der Waals surface area contributed by atoms with Gasteiger partial charge < -0.3 is 17.3 Å². The molecule has 0 N–H and O–H groups in total. The van der Waals surface area contributed by atoms with Crippen LogP contribution in [0.2, 0.25) is 0 Å². The predicted molar refractivity (Wildman–Crippen MR) is 179 cm³/mol. The van der Waals surface area contributed by atoms with Crippen LogP contribution in [0.5, 0.6) is 0 Å². The third kappa shape index (κ3) is 14.8. The summed E-state index contributed by atoms with van der Waals surface area (Å²) in [4.78, 5) is 0. The zero-order valence-corrected chi connectivity index (χ0v) is 27.7.